The minimum absolute atomic E-state index is 0.347. The molecule has 0 N–H and O–H groups in total. The van der Waals surface area contributed by atoms with Crippen molar-refractivity contribution in [3.63, 3.8) is 0 Å². The smallest absolute Gasteiger partial charge is 0.117 e. The number of aromatic nitrogens is 3. The summed E-state index contributed by atoms with van der Waals surface area (Å²) >= 11 is 0. The van der Waals surface area contributed by atoms with Crippen molar-refractivity contribution in [2.24, 2.45) is 0 Å². The molecule has 0 fully saturated rings. The summed E-state index contributed by atoms with van der Waals surface area (Å²) in [5.41, 5.74) is 6.85. The molecule has 0 saturated carbocycles. The normalized spacial score (nSPS) is 11.6. The van der Waals surface area contributed by atoms with Crippen LogP contribution in [0.15, 0.2) is 30.3 Å². The SMILES string of the molecule is [CH2]Cc1ccc(-n2c(C(C)C)nc3c(CC)nc(CC)cc32)cc1. The lowest BCUT2D eigenvalue weighted by molar-refractivity contribution is 0.759. The van der Waals surface area contributed by atoms with E-state index in [0.29, 0.717) is 5.92 Å². The second-order valence-corrected chi connectivity index (χ2v) is 6.51. The Morgan fingerprint density at radius 2 is 1.75 bits per heavy atom. The standard InChI is InChI=1S/C21H26N3/c1-6-15-9-11-17(12-10-15)24-19-13-16(7-2)22-18(8-3)20(19)23-21(24)14(4)5/h9-14H,1,6-8H2,2-5H3. The Kier molecular flexibility index (Phi) is 4.70. The zero-order valence-corrected chi connectivity index (χ0v) is 15.1. The number of hydrogen-bond donors (Lipinski definition) is 0. The lowest BCUT2D eigenvalue weighted by atomic mass is 10.1. The van der Waals surface area contributed by atoms with Crippen LogP contribution in [0.25, 0.3) is 16.7 Å². The van der Waals surface area contributed by atoms with Crippen LogP contribution in [-0.4, -0.2) is 14.5 Å². The number of aryl methyl sites for hydroxylation is 2. The third-order valence-corrected chi connectivity index (χ3v) is 4.49. The Morgan fingerprint density at radius 3 is 2.29 bits per heavy atom. The number of hydrogen-bond acceptors (Lipinski definition) is 2. The zero-order chi connectivity index (χ0) is 17.3. The van der Waals surface area contributed by atoms with E-state index in [4.69, 9.17) is 9.97 Å². The van der Waals surface area contributed by atoms with E-state index in [0.717, 1.165) is 47.7 Å². The van der Waals surface area contributed by atoms with Gasteiger partial charge in [-0.1, -0.05) is 39.8 Å². The van der Waals surface area contributed by atoms with E-state index in [1.54, 1.807) is 0 Å². The molecular formula is C21H26N3. The molecule has 125 valence electrons. The fraction of sp³-hybridized carbons (Fsp3) is 0.381. The maximum Gasteiger partial charge on any atom is 0.117 e. The van der Waals surface area contributed by atoms with Crippen LogP contribution in [0.3, 0.4) is 0 Å². The van der Waals surface area contributed by atoms with Crippen LogP contribution in [0.1, 0.15) is 56.4 Å². The average molecular weight is 320 g/mol. The molecular weight excluding hydrogens is 294 g/mol. The number of benzene rings is 1. The van der Waals surface area contributed by atoms with Gasteiger partial charge in [0, 0.05) is 17.3 Å². The fourth-order valence-corrected chi connectivity index (χ4v) is 3.11. The average Bonchev–Trinajstić information content (AvgIpc) is 3.00. The second kappa shape index (κ2) is 6.76. The van der Waals surface area contributed by atoms with E-state index in [2.05, 4.69) is 69.5 Å². The quantitative estimate of drug-likeness (QED) is 0.659. The van der Waals surface area contributed by atoms with Gasteiger partial charge in [-0.15, -0.1) is 0 Å². The maximum absolute atomic E-state index is 4.97. The number of rotatable bonds is 5. The highest BCUT2D eigenvalue weighted by Gasteiger charge is 2.18. The van der Waals surface area contributed by atoms with Crippen molar-refractivity contribution in [2.75, 3.05) is 0 Å². The van der Waals surface area contributed by atoms with Crippen LogP contribution >= 0.6 is 0 Å². The summed E-state index contributed by atoms with van der Waals surface area (Å²) in [6, 6.07) is 10.8. The molecule has 0 aliphatic heterocycles. The van der Waals surface area contributed by atoms with Gasteiger partial charge in [0.25, 0.3) is 0 Å². The third kappa shape index (κ3) is 2.83. The lowest BCUT2D eigenvalue weighted by Crippen LogP contribution is -2.03. The van der Waals surface area contributed by atoms with Crippen molar-refractivity contribution in [1.82, 2.24) is 14.5 Å². The molecule has 3 aromatic rings. The first kappa shape index (κ1) is 16.7. The molecule has 0 unspecified atom stereocenters. The molecule has 24 heavy (non-hydrogen) atoms. The van der Waals surface area contributed by atoms with Gasteiger partial charge in [-0.05, 0) is 49.9 Å². The van der Waals surface area contributed by atoms with Gasteiger partial charge in [-0.25, -0.2) is 4.98 Å². The molecule has 0 spiro atoms. The molecule has 0 atom stereocenters. The maximum atomic E-state index is 4.97. The third-order valence-electron chi connectivity index (χ3n) is 4.49. The van der Waals surface area contributed by atoms with Gasteiger partial charge in [0.1, 0.15) is 11.3 Å². The van der Waals surface area contributed by atoms with Gasteiger partial charge in [0.15, 0.2) is 0 Å². The second-order valence-electron chi connectivity index (χ2n) is 6.51. The predicted molar refractivity (Wildman–Crippen MR) is 101 cm³/mol. The van der Waals surface area contributed by atoms with Crippen molar-refractivity contribution in [1.29, 1.82) is 0 Å². The highest BCUT2D eigenvalue weighted by Crippen LogP contribution is 2.28. The minimum Gasteiger partial charge on any atom is -0.296 e. The van der Waals surface area contributed by atoms with Gasteiger partial charge in [0.05, 0.1) is 11.2 Å². The molecule has 2 heterocycles. The Bertz CT molecular complexity index is 842. The summed E-state index contributed by atoms with van der Waals surface area (Å²) in [6.45, 7) is 12.7. The summed E-state index contributed by atoms with van der Waals surface area (Å²) in [5, 5.41) is 0. The Labute approximate surface area is 144 Å². The predicted octanol–water partition coefficient (Wildman–Crippen LogP) is 5.05. The zero-order valence-electron chi connectivity index (χ0n) is 15.1. The molecule has 1 radical (unpaired) electrons. The number of pyridine rings is 1. The Balaban J connectivity index is 2.32. The van der Waals surface area contributed by atoms with E-state index >= 15 is 0 Å². The van der Waals surface area contributed by atoms with E-state index < -0.39 is 0 Å². The summed E-state index contributed by atoms with van der Waals surface area (Å²) in [6.07, 6.45) is 2.65. The summed E-state index contributed by atoms with van der Waals surface area (Å²) in [4.78, 5) is 9.75. The molecule has 2 aromatic heterocycles. The van der Waals surface area contributed by atoms with Gasteiger partial charge in [-0.2, -0.15) is 0 Å². The van der Waals surface area contributed by atoms with E-state index in [9.17, 15) is 0 Å². The molecule has 0 aliphatic rings. The van der Waals surface area contributed by atoms with Crippen molar-refractivity contribution in [3.8, 4) is 5.69 Å². The monoisotopic (exact) mass is 320 g/mol. The molecule has 3 rings (SSSR count). The summed E-state index contributed by atoms with van der Waals surface area (Å²) < 4.78 is 2.30. The van der Waals surface area contributed by atoms with Gasteiger partial charge < -0.3 is 0 Å². The van der Waals surface area contributed by atoms with Crippen LogP contribution in [0.5, 0.6) is 0 Å². The van der Waals surface area contributed by atoms with E-state index in [-0.39, 0.29) is 0 Å². The highest BCUT2D eigenvalue weighted by molar-refractivity contribution is 5.81. The number of imidazole rings is 1. The van der Waals surface area contributed by atoms with Gasteiger partial charge in [-0.3, -0.25) is 9.55 Å². The van der Waals surface area contributed by atoms with Crippen LogP contribution in [0.4, 0.5) is 0 Å². The van der Waals surface area contributed by atoms with Crippen LogP contribution in [0, 0.1) is 6.92 Å². The molecule has 0 amide bonds. The first-order valence-corrected chi connectivity index (χ1v) is 8.88. The van der Waals surface area contributed by atoms with Gasteiger partial charge >= 0.3 is 0 Å². The first-order chi connectivity index (χ1) is 11.6. The van der Waals surface area contributed by atoms with Crippen LogP contribution in [0.2, 0.25) is 0 Å². The minimum atomic E-state index is 0.347. The Morgan fingerprint density at radius 1 is 1.04 bits per heavy atom. The van der Waals surface area contributed by atoms with Crippen molar-refractivity contribution < 1.29 is 0 Å². The van der Waals surface area contributed by atoms with E-state index in [1.807, 2.05) is 0 Å². The summed E-state index contributed by atoms with van der Waals surface area (Å²) in [5.74, 6) is 1.44. The topological polar surface area (TPSA) is 30.7 Å². The van der Waals surface area contributed by atoms with Crippen LogP contribution < -0.4 is 0 Å². The molecule has 3 heteroatoms. The van der Waals surface area contributed by atoms with Gasteiger partial charge in [0.2, 0.25) is 0 Å². The van der Waals surface area contributed by atoms with E-state index in [1.165, 1.54) is 11.1 Å². The van der Waals surface area contributed by atoms with Crippen LogP contribution in [-0.2, 0) is 19.3 Å². The number of nitrogens with zero attached hydrogens (tertiary/aromatic N) is 3. The molecule has 3 nitrogen and oxygen atoms in total. The largest absolute Gasteiger partial charge is 0.296 e. The molecule has 1 aromatic carbocycles. The van der Waals surface area contributed by atoms with Crippen molar-refractivity contribution >= 4 is 11.0 Å². The van der Waals surface area contributed by atoms with Crippen molar-refractivity contribution in [3.05, 3.63) is 60.0 Å². The molecule has 0 bridgehead atoms. The highest BCUT2D eigenvalue weighted by atomic mass is 15.1. The van der Waals surface area contributed by atoms with Crippen molar-refractivity contribution in [2.45, 2.75) is 52.9 Å². The molecule has 0 aliphatic carbocycles. The first-order valence-electron chi connectivity index (χ1n) is 8.88. The fourth-order valence-electron chi connectivity index (χ4n) is 3.11. The lowest BCUT2D eigenvalue weighted by Gasteiger charge is -2.12. The summed E-state index contributed by atoms with van der Waals surface area (Å²) in [7, 11) is 0. The number of fused-ring (bicyclic) bond motifs is 1. The Hall–Kier alpha value is -2.16. The molecule has 0 saturated heterocycles.